The summed E-state index contributed by atoms with van der Waals surface area (Å²) in [7, 11) is 1.53. The number of aromatic nitrogens is 4. The minimum absolute atomic E-state index is 0. The summed E-state index contributed by atoms with van der Waals surface area (Å²) in [5, 5.41) is 13.9. The Balaban J connectivity index is 0.00000220. The maximum Gasteiger partial charge on any atom is 1.00 e. The SMILES string of the molecule is COCOc1ccc(Cn2c(N)nc3ccccc32)cc1-c1ccc(=O)n(Cc2cccc(C(=O)O)c2)n1.[H-].[Li+]. The molecule has 0 aliphatic carbocycles. The number of carboxylic acids is 1. The second-order valence-electron chi connectivity index (χ2n) is 8.65. The monoisotopic (exact) mass is 519 g/mol. The van der Waals surface area contributed by atoms with Crippen molar-refractivity contribution in [1.29, 1.82) is 0 Å². The van der Waals surface area contributed by atoms with Crippen LogP contribution in [0.3, 0.4) is 0 Å². The van der Waals surface area contributed by atoms with Gasteiger partial charge in [0.05, 0.1) is 35.4 Å². The van der Waals surface area contributed by atoms with Gasteiger partial charge in [-0.15, -0.1) is 0 Å². The third-order valence-corrected chi connectivity index (χ3v) is 6.05. The van der Waals surface area contributed by atoms with Crippen LogP contribution in [-0.2, 0) is 17.8 Å². The van der Waals surface area contributed by atoms with E-state index in [1.165, 1.54) is 30.0 Å². The zero-order valence-corrected chi connectivity index (χ0v) is 21.6. The molecular formula is C28H26LiN5O5. The maximum atomic E-state index is 12.6. The Morgan fingerprint density at radius 3 is 2.59 bits per heavy atom. The van der Waals surface area contributed by atoms with Crippen LogP contribution in [0, 0.1) is 0 Å². The molecule has 10 nitrogen and oxygen atoms in total. The fourth-order valence-electron chi connectivity index (χ4n) is 4.25. The number of imidazole rings is 1. The van der Waals surface area contributed by atoms with E-state index < -0.39 is 5.97 Å². The molecule has 0 amide bonds. The van der Waals surface area contributed by atoms with Gasteiger partial charge in [0.1, 0.15) is 5.75 Å². The van der Waals surface area contributed by atoms with Crippen molar-refractivity contribution in [3.8, 4) is 17.0 Å². The molecule has 3 aromatic carbocycles. The molecule has 11 heteroatoms. The summed E-state index contributed by atoms with van der Waals surface area (Å²) in [6.07, 6.45) is 0. The van der Waals surface area contributed by atoms with Crippen LogP contribution in [0.4, 0.5) is 5.95 Å². The first-order chi connectivity index (χ1) is 18.4. The van der Waals surface area contributed by atoms with Gasteiger partial charge in [-0.1, -0.05) is 30.3 Å². The van der Waals surface area contributed by atoms with Crippen molar-refractivity contribution in [2.75, 3.05) is 19.6 Å². The number of fused-ring (bicyclic) bond motifs is 1. The number of para-hydroxylation sites is 2. The van der Waals surface area contributed by atoms with Gasteiger partial charge >= 0.3 is 24.8 Å². The van der Waals surface area contributed by atoms with Crippen LogP contribution >= 0.6 is 0 Å². The number of hydrogen-bond acceptors (Lipinski definition) is 7. The van der Waals surface area contributed by atoms with Crippen LogP contribution < -0.4 is 34.9 Å². The number of methoxy groups -OCH3 is 1. The van der Waals surface area contributed by atoms with Gasteiger partial charge in [0.15, 0.2) is 6.79 Å². The third-order valence-electron chi connectivity index (χ3n) is 6.05. The summed E-state index contributed by atoms with van der Waals surface area (Å²) in [4.78, 5) is 28.4. The van der Waals surface area contributed by atoms with Gasteiger partial charge < -0.3 is 26.3 Å². The summed E-state index contributed by atoms with van der Waals surface area (Å²) in [6, 6.07) is 22.9. The Bertz CT molecular complexity index is 1700. The number of nitrogen functional groups attached to an aromatic ring is 1. The summed E-state index contributed by atoms with van der Waals surface area (Å²) >= 11 is 0. The average Bonchev–Trinajstić information content (AvgIpc) is 3.24. The van der Waals surface area contributed by atoms with E-state index in [0.29, 0.717) is 35.1 Å². The molecule has 5 aromatic rings. The molecule has 0 saturated carbocycles. The van der Waals surface area contributed by atoms with E-state index in [-0.39, 0.29) is 44.7 Å². The summed E-state index contributed by atoms with van der Waals surface area (Å²) in [5.41, 5.74) is 10.5. The zero-order chi connectivity index (χ0) is 26.6. The van der Waals surface area contributed by atoms with Crippen LogP contribution in [0.1, 0.15) is 22.9 Å². The third kappa shape index (κ3) is 6.04. The number of carbonyl (C=O) groups is 1. The second kappa shape index (κ2) is 12.0. The Morgan fingerprint density at radius 2 is 1.79 bits per heavy atom. The smallest absolute Gasteiger partial charge is 1.00 e. The molecule has 0 fully saturated rings. The molecule has 0 bridgehead atoms. The Hall–Kier alpha value is -4.36. The molecule has 39 heavy (non-hydrogen) atoms. The summed E-state index contributed by atoms with van der Waals surface area (Å²) < 4.78 is 14.1. The second-order valence-corrected chi connectivity index (χ2v) is 8.65. The van der Waals surface area contributed by atoms with E-state index in [0.717, 1.165) is 16.6 Å². The quantitative estimate of drug-likeness (QED) is 0.215. The van der Waals surface area contributed by atoms with Crippen LogP contribution in [0.15, 0.2) is 83.7 Å². The standard InChI is InChI=1S/C28H25N5O5.Li.H/c1-37-17-38-25-11-9-19(15-32-24-8-3-2-7-23(24)30-28(32)29)14-21(25)22-10-12-26(34)33(31-22)16-18-5-4-6-20(13-18)27(35)36;;/h2-14H,15-17H2,1H3,(H2,29,30)(H,35,36);;/q;+1;-1. The molecule has 0 aliphatic heterocycles. The molecule has 0 radical (unpaired) electrons. The van der Waals surface area contributed by atoms with E-state index in [9.17, 15) is 14.7 Å². The maximum absolute atomic E-state index is 12.6. The molecule has 5 rings (SSSR count). The van der Waals surface area contributed by atoms with E-state index in [2.05, 4.69) is 10.1 Å². The van der Waals surface area contributed by atoms with Gasteiger partial charge in [0, 0.05) is 18.7 Å². The van der Waals surface area contributed by atoms with E-state index in [1.807, 2.05) is 47.0 Å². The minimum Gasteiger partial charge on any atom is -1.00 e. The van der Waals surface area contributed by atoms with E-state index >= 15 is 0 Å². The Kier molecular flexibility index (Phi) is 8.51. The van der Waals surface area contributed by atoms with Crippen molar-refractivity contribution in [2.24, 2.45) is 0 Å². The van der Waals surface area contributed by atoms with Gasteiger partial charge in [-0.25, -0.2) is 14.5 Å². The first kappa shape index (κ1) is 27.7. The molecule has 2 aromatic heterocycles. The summed E-state index contributed by atoms with van der Waals surface area (Å²) in [5.74, 6) is -0.101. The summed E-state index contributed by atoms with van der Waals surface area (Å²) in [6.45, 7) is 0.609. The van der Waals surface area contributed by atoms with Crippen molar-refractivity contribution < 1.29 is 39.7 Å². The largest absolute Gasteiger partial charge is 1.00 e. The molecule has 0 saturated heterocycles. The number of ether oxygens (including phenoxy) is 2. The molecule has 0 unspecified atom stereocenters. The number of nitrogens with zero attached hydrogens (tertiary/aromatic N) is 4. The number of hydrogen-bond donors (Lipinski definition) is 2. The molecular weight excluding hydrogens is 493 g/mol. The Labute approximate surface area is 237 Å². The van der Waals surface area contributed by atoms with Gasteiger partial charge in [-0.2, -0.15) is 5.10 Å². The number of anilines is 1. The molecule has 0 spiro atoms. The average molecular weight is 519 g/mol. The number of rotatable bonds is 9. The van der Waals surface area contributed by atoms with Crippen molar-refractivity contribution in [1.82, 2.24) is 19.3 Å². The Morgan fingerprint density at radius 1 is 1.00 bits per heavy atom. The molecule has 2 heterocycles. The van der Waals surface area contributed by atoms with Gasteiger partial charge in [0.2, 0.25) is 5.95 Å². The van der Waals surface area contributed by atoms with Crippen molar-refractivity contribution in [3.05, 3.63) is 106 Å². The predicted molar refractivity (Wildman–Crippen MR) is 143 cm³/mol. The molecule has 0 aliphatic rings. The number of nitrogens with two attached hydrogens (primary N) is 1. The first-order valence-electron chi connectivity index (χ1n) is 11.8. The fourth-order valence-corrected chi connectivity index (χ4v) is 4.25. The topological polar surface area (TPSA) is 134 Å². The zero-order valence-electron chi connectivity index (χ0n) is 22.6. The van der Waals surface area contributed by atoms with Crippen molar-refractivity contribution >= 4 is 23.0 Å². The fraction of sp³-hybridized carbons (Fsp3) is 0.143. The normalized spacial score (nSPS) is 10.8. The van der Waals surface area contributed by atoms with Gasteiger partial charge in [0.25, 0.3) is 5.56 Å². The van der Waals surface area contributed by atoms with Gasteiger partial charge in [-0.05, 0) is 53.6 Å². The molecule has 194 valence electrons. The van der Waals surface area contributed by atoms with E-state index in [1.54, 1.807) is 18.2 Å². The van der Waals surface area contributed by atoms with Crippen LogP contribution in [0.25, 0.3) is 22.3 Å². The van der Waals surface area contributed by atoms with Crippen LogP contribution in [0.2, 0.25) is 0 Å². The number of aromatic carboxylic acids is 1. The predicted octanol–water partition coefficient (Wildman–Crippen LogP) is 0.736. The van der Waals surface area contributed by atoms with E-state index in [4.69, 9.17) is 15.2 Å². The minimum atomic E-state index is -1.04. The first-order valence-corrected chi connectivity index (χ1v) is 11.8. The molecule has 3 N–H and O–H groups in total. The van der Waals surface area contributed by atoms with Crippen molar-refractivity contribution in [2.45, 2.75) is 13.1 Å². The molecule has 0 atom stereocenters. The van der Waals surface area contributed by atoms with Crippen molar-refractivity contribution in [3.63, 3.8) is 0 Å². The number of benzene rings is 3. The van der Waals surface area contributed by atoms with Gasteiger partial charge in [-0.3, -0.25) is 4.79 Å². The van der Waals surface area contributed by atoms with Crippen LogP contribution in [0.5, 0.6) is 5.75 Å². The van der Waals surface area contributed by atoms with Crippen LogP contribution in [-0.4, -0.2) is 44.3 Å². The number of carboxylic acid groups (broad SMARTS) is 1.